The minimum Gasteiger partial charge on any atom is -0.630 e. The first kappa shape index (κ1) is 28.7. The van der Waals surface area contributed by atoms with Gasteiger partial charge in [-0.05, 0) is 43.0 Å². The minimum absolute atomic E-state index is 0.0246. The summed E-state index contributed by atoms with van der Waals surface area (Å²) < 4.78 is 14.7. The molecule has 2 fully saturated rings. The summed E-state index contributed by atoms with van der Waals surface area (Å²) >= 11 is 0. The molecule has 1 amide bonds. The molecule has 1 aliphatic carbocycles. The van der Waals surface area contributed by atoms with Crippen LogP contribution in [0.2, 0.25) is 0 Å². The van der Waals surface area contributed by atoms with Crippen LogP contribution in [0, 0.1) is 5.21 Å². The lowest BCUT2D eigenvalue weighted by Gasteiger charge is -2.56. The number of quaternary nitrogens is 1. The number of hydroxylamine groups is 3. The molecule has 218 valence electrons. The Hall–Kier alpha value is -3.80. The fourth-order valence-electron chi connectivity index (χ4n) is 6.17. The lowest BCUT2D eigenvalue weighted by atomic mass is 9.98. The summed E-state index contributed by atoms with van der Waals surface area (Å²) in [5.74, 6) is -2.18. The Bertz CT molecular complexity index is 1330. The van der Waals surface area contributed by atoms with Crippen molar-refractivity contribution < 1.29 is 38.0 Å². The Morgan fingerprint density at radius 3 is 2.29 bits per heavy atom. The van der Waals surface area contributed by atoms with Gasteiger partial charge in [0.15, 0.2) is 6.61 Å². The molecule has 3 aliphatic rings. The van der Waals surface area contributed by atoms with Gasteiger partial charge in [0.25, 0.3) is 0 Å². The van der Waals surface area contributed by atoms with E-state index in [1.807, 2.05) is 48.5 Å². The summed E-state index contributed by atoms with van der Waals surface area (Å²) in [4.78, 5) is 50.9. The molecule has 2 aromatic carbocycles. The number of hydrogen-bond donors (Lipinski definition) is 2. The van der Waals surface area contributed by atoms with Crippen LogP contribution in [0.25, 0.3) is 11.1 Å². The van der Waals surface area contributed by atoms with Crippen molar-refractivity contribution in [2.45, 2.75) is 56.8 Å². The van der Waals surface area contributed by atoms with Crippen molar-refractivity contribution in [3.63, 3.8) is 0 Å². The molecule has 5 rings (SSSR count). The zero-order valence-corrected chi connectivity index (χ0v) is 23.4. The van der Waals surface area contributed by atoms with Crippen molar-refractivity contribution >= 4 is 23.8 Å². The minimum atomic E-state index is -1.84. The van der Waals surface area contributed by atoms with Gasteiger partial charge in [-0.25, -0.2) is 9.59 Å². The van der Waals surface area contributed by atoms with Gasteiger partial charge in [0.2, 0.25) is 11.4 Å². The van der Waals surface area contributed by atoms with E-state index in [1.54, 1.807) is 20.8 Å². The van der Waals surface area contributed by atoms with Crippen molar-refractivity contribution in [3.8, 4) is 11.1 Å². The summed E-state index contributed by atoms with van der Waals surface area (Å²) in [6.07, 6.45) is -1.49. The molecule has 2 aliphatic heterocycles. The normalized spacial score (nSPS) is 25.1. The molecule has 2 N–H and O–H groups in total. The van der Waals surface area contributed by atoms with E-state index >= 15 is 0 Å². The largest absolute Gasteiger partial charge is 0.630 e. The van der Waals surface area contributed by atoms with Crippen LogP contribution < -0.4 is 10.6 Å². The van der Waals surface area contributed by atoms with E-state index in [9.17, 15) is 24.4 Å². The van der Waals surface area contributed by atoms with Crippen molar-refractivity contribution in [3.05, 3.63) is 64.9 Å². The fourth-order valence-corrected chi connectivity index (χ4v) is 6.17. The number of rotatable bonds is 7. The number of Topliss-reactive ketones (excluding diaryl/α,β-unsaturated/α-hetero) is 1. The smallest absolute Gasteiger partial charge is 0.412 e. The number of esters is 2. The van der Waals surface area contributed by atoms with E-state index < -0.39 is 52.4 Å². The molecule has 41 heavy (non-hydrogen) atoms. The fraction of sp³-hybridized carbons (Fsp3) is 0.467. The molecule has 11 heteroatoms. The van der Waals surface area contributed by atoms with Crippen molar-refractivity contribution in [2.75, 3.05) is 32.8 Å². The van der Waals surface area contributed by atoms with Crippen molar-refractivity contribution in [1.29, 1.82) is 0 Å². The third-order valence-corrected chi connectivity index (χ3v) is 7.95. The highest BCUT2D eigenvalue weighted by Gasteiger charge is 2.64. The maximum absolute atomic E-state index is 14.2. The number of fused-ring (bicyclic) bond motifs is 4. The van der Waals surface area contributed by atoms with E-state index in [2.05, 4.69) is 10.6 Å². The second-order valence-corrected chi connectivity index (χ2v) is 11.7. The van der Waals surface area contributed by atoms with E-state index in [4.69, 9.17) is 14.2 Å². The number of ether oxygens (including phenoxy) is 3. The molecule has 0 radical (unpaired) electrons. The van der Waals surface area contributed by atoms with Crippen molar-refractivity contribution in [2.24, 2.45) is 0 Å². The van der Waals surface area contributed by atoms with Crippen LogP contribution in [0.1, 0.15) is 50.7 Å². The summed E-state index contributed by atoms with van der Waals surface area (Å²) in [6.45, 7) is 4.66. The number of hydrogen-bond acceptors (Lipinski definition) is 9. The molecule has 0 aromatic heterocycles. The highest BCUT2D eigenvalue weighted by Crippen LogP contribution is 2.45. The average Bonchev–Trinajstić information content (AvgIpc) is 3.34. The van der Waals surface area contributed by atoms with Crippen LogP contribution in [0.15, 0.2) is 48.5 Å². The van der Waals surface area contributed by atoms with E-state index in [1.165, 1.54) is 0 Å². The van der Waals surface area contributed by atoms with Gasteiger partial charge in [0, 0.05) is 12.5 Å². The van der Waals surface area contributed by atoms with Gasteiger partial charge in [-0.2, -0.15) is 0 Å². The zero-order chi connectivity index (χ0) is 29.4. The number of piperazine rings is 1. The molecule has 0 bridgehead atoms. The number of alkyl carbamates (subject to hydrolysis) is 1. The third-order valence-electron chi connectivity index (χ3n) is 7.95. The number of nitrogens with zero attached hydrogens (tertiary/aromatic N) is 1. The molecule has 2 heterocycles. The predicted molar refractivity (Wildman–Crippen MR) is 147 cm³/mol. The molecular formula is C30H35N3O8. The summed E-state index contributed by atoms with van der Waals surface area (Å²) in [5, 5.41) is 19.9. The Kier molecular flexibility index (Phi) is 7.62. The summed E-state index contributed by atoms with van der Waals surface area (Å²) in [6, 6.07) is 14.9. The van der Waals surface area contributed by atoms with Crippen LogP contribution in [0.4, 0.5) is 4.79 Å². The Labute approximate surface area is 238 Å². The Morgan fingerprint density at radius 1 is 1.02 bits per heavy atom. The molecule has 3 atom stereocenters. The van der Waals surface area contributed by atoms with Gasteiger partial charge in [-0.1, -0.05) is 48.5 Å². The van der Waals surface area contributed by atoms with E-state index in [0.29, 0.717) is 6.54 Å². The number of amides is 1. The number of carbonyl (C=O) groups is 4. The van der Waals surface area contributed by atoms with Crippen LogP contribution in [0.5, 0.6) is 0 Å². The molecule has 11 nitrogen and oxygen atoms in total. The van der Waals surface area contributed by atoms with E-state index in [-0.39, 0.29) is 38.5 Å². The SMILES string of the molecule is CC(C)(C)OC(=O)COC(=O)C[C@@H]1CC(=O)C2(NC(=O)OCC3c4ccccc4-c4ccccc43)CNCC[N@+]12[O-]. The Balaban J connectivity index is 1.25. The second-order valence-electron chi connectivity index (χ2n) is 11.7. The lowest BCUT2D eigenvalue weighted by Crippen LogP contribution is -2.78. The first-order valence-corrected chi connectivity index (χ1v) is 13.8. The number of nitrogens with one attached hydrogen (secondary N) is 2. The maximum atomic E-state index is 14.2. The van der Waals surface area contributed by atoms with Crippen molar-refractivity contribution in [1.82, 2.24) is 10.6 Å². The first-order chi connectivity index (χ1) is 19.4. The molecule has 1 unspecified atom stereocenters. The van der Waals surface area contributed by atoms with Crippen LogP contribution in [0.3, 0.4) is 0 Å². The van der Waals surface area contributed by atoms with Gasteiger partial charge in [0.1, 0.15) is 18.2 Å². The predicted octanol–water partition coefficient (Wildman–Crippen LogP) is 2.76. The number of ketones is 1. The second kappa shape index (κ2) is 10.9. The Morgan fingerprint density at radius 2 is 1.66 bits per heavy atom. The van der Waals surface area contributed by atoms with Gasteiger partial charge >= 0.3 is 18.0 Å². The van der Waals surface area contributed by atoms with Crippen LogP contribution in [-0.2, 0) is 28.6 Å². The lowest BCUT2D eigenvalue weighted by molar-refractivity contribution is -0.939. The first-order valence-electron chi connectivity index (χ1n) is 13.8. The van der Waals surface area contributed by atoms with Crippen LogP contribution in [-0.4, -0.2) is 78.6 Å². The quantitative estimate of drug-likeness (QED) is 0.224. The highest BCUT2D eigenvalue weighted by atomic mass is 16.6. The van der Waals surface area contributed by atoms with Gasteiger partial charge < -0.3 is 29.4 Å². The standard InChI is InChI=1S/C30H35N3O8/c1-29(2,3)41-27(36)17-39-26(35)15-19-14-25(34)30(18-31-12-13-33(19,30)38)32-28(37)40-16-24-22-10-6-4-8-20(22)21-9-5-7-11-23(21)24/h4-11,19,24,31H,12-18H2,1-3H3,(H,32,37)/t19-,30?,33-/m0/s1. The monoisotopic (exact) mass is 565 g/mol. The van der Waals surface area contributed by atoms with E-state index in [0.717, 1.165) is 22.3 Å². The van der Waals surface area contributed by atoms with Gasteiger partial charge in [0.05, 0.1) is 25.9 Å². The zero-order valence-electron chi connectivity index (χ0n) is 23.4. The molecule has 0 spiro atoms. The maximum Gasteiger partial charge on any atom is 0.412 e. The topological polar surface area (TPSA) is 143 Å². The summed E-state index contributed by atoms with van der Waals surface area (Å²) in [7, 11) is 0. The molecule has 2 aromatic rings. The summed E-state index contributed by atoms with van der Waals surface area (Å²) in [5.41, 5.74) is 1.66. The van der Waals surface area contributed by atoms with Crippen LogP contribution >= 0.6 is 0 Å². The molecule has 2 saturated heterocycles. The number of benzene rings is 2. The van der Waals surface area contributed by atoms with Gasteiger partial charge in [-0.15, -0.1) is 0 Å². The average molecular weight is 566 g/mol. The number of carbonyl (C=O) groups excluding carboxylic acids is 4. The molecular weight excluding hydrogens is 530 g/mol. The molecule has 0 saturated carbocycles. The third kappa shape index (κ3) is 5.44. The highest BCUT2D eigenvalue weighted by molar-refractivity contribution is 5.93. The van der Waals surface area contributed by atoms with Gasteiger partial charge in [-0.3, -0.25) is 14.9 Å².